The predicted molar refractivity (Wildman–Crippen MR) is 81.8 cm³/mol. The first-order valence-corrected chi connectivity index (χ1v) is 7.81. The number of nitrogens with zero attached hydrogens (tertiary/aromatic N) is 4. The molecular weight excluding hydrogens is 282 g/mol. The average molecular weight is 297 g/mol. The van der Waals surface area contributed by atoms with Gasteiger partial charge in [0.2, 0.25) is 0 Å². The summed E-state index contributed by atoms with van der Waals surface area (Å²) in [7, 11) is 0. The summed E-state index contributed by atoms with van der Waals surface area (Å²) in [6, 6.07) is 10.6. The van der Waals surface area contributed by atoms with E-state index in [4.69, 9.17) is 4.98 Å². The zero-order valence-electron chi connectivity index (χ0n) is 11.5. The van der Waals surface area contributed by atoms with Crippen LogP contribution in [0.3, 0.4) is 0 Å². The highest BCUT2D eigenvalue weighted by molar-refractivity contribution is 7.15. The number of H-pyrrole nitrogens is 1. The first-order chi connectivity index (χ1) is 10.4. The third kappa shape index (κ3) is 2.59. The van der Waals surface area contributed by atoms with Crippen molar-refractivity contribution >= 4 is 11.3 Å². The number of benzene rings is 1. The van der Waals surface area contributed by atoms with Crippen molar-refractivity contribution in [1.82, 2.24) is 25.1 Å². The van der Waals surface area contributed by atoms with Crippen LogP contribution in [0.1, 0.15) is 16.1 Å². The summed E-state index contributed by atoms with van der Waals surface area (Å²) in [5, 5.41) is 7.73. The maximum Gasteiger partial charge on any atom is 0.184 e. The molecule has 0 aliphatic carbocycles. The molecule has 0 radical (unpaired) electrons. The third-order valence-corrected chi connectivity index (χ3v) is 4.77. The SMILES string of the molecule is c1ccc(CN2CCc3nc(-c4ncn[nH]4)sc3C2)cc1. The van der Waals surface area contributed by atoms with Gasteiger partial charge in [-0.3, -0.25) is 10.00 Å². The molecule has 0 saturated carbocycles. The van der Waals surface area contributed by atoms with Gasteiger partial charge in [0, 0.05) is 30.9 Å². The number of hydrogen-bond donors (Lipinski definition) is 1. The Morgan fingerprint density at radius 2 is 2.14 bits per heavy atom. The van der Waals surface area contributed by atoms with Gasteiger partial charge >= 0.3 is 0 Å². The van der Waals surface area contributed by atoms with Gasteiger partial charge in [-0.1, -0.05) is 30.3 Å². The quantitative estimate of drug-likeness (QED) is 0.807. The number of rotatable bonds is 3. The number of thiazole rings is 1. The van der Waals surface area contributed by atoms with Crippen molar-refractivity contribution in [1.29, 1.82) is 0 Å². The van der Waals surface area contributed by atoms with Crippen molar-refractivity contribution in [3.8, 4) is 10.8 Å². The maximum atomic E-state index is 4.69. The standard InChI is InChI=1S/C15H15N5S/c1-2-4-11(5-3-1)8-20-7-6-12-13(9-20)21-15(18-12)14-16-10-17-19-14/h1-5,10H,6-9H2,(H,16,17,19). The molecule has 0 saturated heterocycles. The molecule has 106 valence electrons. The average Bonchev–Trinajstić information content (AvgIpc) is 3.17. The Morgan fingerprint density at radius 1 is 1.24 bits per heavy atom. The molecule has 21 heavy (non-hydrogen) atoms. The van der Waals surface area contributed by atoms with E-state index in [1.54, 1.807) is 11.3 Å². The largest absolute Gasteiger partial charge is 0.294 e. The summed E-state index contributed by atoms with van der Waals surface area (Å²) in [4.78, 5) is 12.7. The molecule has 4 rings (SSSR count). The Bertz CT molecular complexity index is 720. The van der Waals surface area contributed by atoms with Gasteiger partial charge in [0.25, 0.3) is 0 Å². The molecule has 3 heterocycles. The van der Waals surface area contributed by atoms with Crippen molar-refractivity contribution in [2.24, 2.45) is 0 Å². The summed E-state index contributed by atoms with van der Waals surface area (Å²) < 4.78 is 0. The van der Waals surface area contributed by atoms with E-state index in [9.17, 15) is 0 Å². The summed E-state index contributed by atoms with van der Waals surface area (Å²) in [5.41, 5.74) is 2.58. The van der Waals surface area contributed by atoms with Crippen LogP contribution in [-0.4, -0.2) is 31.6 Å². The lowest BCUT2D eigenvalue weighted by molar-refractivity contribution is 0.247. The van der Waals surface area contributed by atoms with E-state index in [0.717, 1.165) is 36.9 Å². The first kappa shape index (κ1) is 12.7. The Kier molecular flexibility index (Phi) is 3.25. The molecule has 3 aromatic rings. The lowest BCUT2D eigenvalue weighted by Gasteiger charge is -2.25. The van der Waals surface area contributed by atoms with Gasteiger partial charge in [-0.15, -0.1) is 11.3 Å². The van der Waals surface area contributed by atoms with Gasteiger partial charge in [0.1, 0.15) is 6.33 Å². The summed E-state index contributed by atoms with van der Waals surface area (Å²) in [6.45, 7) is 3.02. The van der Waals surface area contributed by atoms with Crippen LogP contribution >= 0.6 is 11.3 Å². The van der Waals surface area contributed by atoms with E-state index >= 15 is 0 Å². The summed E-state index contributed by atoms with van der Waals surface area (Å²) >= 11 is 1.72. The van der Waals surface area contributed by atoms with Gasteiger partial charge < -0.3 is 0 Å². The minimum absolute atomic E-state index is 0.768. The van der Waals surface area contributed by atoms with Gasteiger partial charge in [-0.05, 0) is 5.56 Å². The second-order valence-electron chi connectivity index (χ2n) is 5.17. The lowest BCUT2D eigenvalue weighted by atomic mass is 10.1. The Labute approximate surface area is 126 Å². The highest BCUT2D eigenvalue weighted by Gasteiger charge is 2.21. The zero-order chi connectivity index (χ0) is 14.1. The van der Waals surface area contributed by atoms with Gasteiger partial charge in [0.15, 0.2) is 10.8 Å². The molecule has 1 aromatic carbocycles. The van der Waals surface area contributed by atoms with Gasteiger partial charge in [-0.2, -0.15) is 5.10 Å². The smallest absolute Gasteiger partial charge is 0.184 e. The normalized spacial score (nSPS) is 15.0. The van der Waals surface area contributed by atoms with E-state index in [1.807, 2.05) is 0 Å². The van der Waals surface area contributed by atoms with Crippen LogP contribution in [0.15, 0.2) is 36.7 Å². The van der Waals surface area contributed by atoms with Crippen LogP contribution in [-0.2, 0) is 19.5 Å². The number of aromatic nitrogens is 4. The minimum atomic E-state index is 0.768. The molecule has 5 nitrogen and oxygen atoms in total. The molecule has 0 spiro atoms. The van der Waals surface area contributed by atoms with Crippen molar-refractivity contribution in [3.63, 3.8) is 0 Å². The molecule has 2 aromatic heterocycles. The molecule has 0 atom stereocenters. The van der Waals surface area contributed by atoms with Gasteiger partial charge in [-0.25, -0.2) is 9.97 Å². The number of aromatic amines is 1. The molecular formula is C15H15N5S. The fourth-order valence-corrected chi connectivity index (χ4v) is 3.73. The molecule has 1 aliphatic rings. The molecule has 1 aliphatic heterocycles. The van der Waals surface area contributed by atoms with E-state index in [1.165, 1.54) is 22.5 Å². The van der Waals surface area contributed by atoms with Crippen molar-refractivity contribution in [2.75, 3.05) is 6.54 Å². The second kappa shape index (κ2) is 5.38. The van der Waals surface area contributed by atoms with Crippen LogP contribution in [0.25, 0.3) is 10.8 Å². The number of hydrogen-bond acceptors (Lipinski definition) is 5. The van der Waals surface area contributed by atoms with Crippen LogP contribution < -0.4 is 0 Å². The molecule has 0 fully saturated rings. The highest BCUT2D eigenvalue weighted by Crippen LogP contribution is 2.30. The van der Waals surface area contributed by atoms with Gasteiger partial charge in [0.05, 0.1) is 5.69 Å². The van der Waals surface area contributed by atoms with Crippen LogP contribution in [0.4, 0.5) is 0 Å². The number of fused-ring (bicyclic) bond motifs is 1. The zero-order valence-corrected chi connectivity index (χ0v) is 12.3. The maximum absolute atomic E-state index is 4.69. The van der Waals surface area contributed by atoms with E-state index < -0.39 is 0 Å². The van der Waals surface area contributed by atoms with Crippen molar-refractivity contribution in [2.45, 2.75) is 19.5 Å². The fourth-order valence-electron chi connectivity index (χ4n) is 2.63. The van der Waals surface area contributed by atoms with Crippen LogP contribution in [0.2, 0.25) is 0 Å². The Hall–Kier alpha value is -2.05. The summed E-state index contributed by atoms with van der Waals surface area (Å²) in [6.07, 6.45) is 2.53. The van der Waals surface area contributed by atoms with E-state index in [0.29, 0.717) is 0 Å². The summed E-state index contributed by atoms with van der Waals surface area (Å²) in [5.74, 6) is 0.768. The van der Waals surface area contributed by atoms with E-state index in [2.05, 4.69) is 50.4 Å². The van der Waals surface area contributed by atoms with Crippen molar-refractivity contribution < 1.29 is 0 Å². The minimum Gasteiger partial charge on any atom is -0.294 e. The molecule has 0 unspecified atom stereocenters. The van der Waals surface area contributed by atoms with E-state index in [-0.39, 0.29) is 0 Å². The highest BCUT2D eigenvalue weighted by atomic mass is 32.1. The van der Waals surface area contributed by atoms with Crippen molar-refractivity contribution in [3.05, 3.63) is 52.8 Å². The first-order valence-electron chi connectivity index (χ1n) is 6.99. The predicted octanol–water partition coefficient (Wildman–Crippen LogP) is 2.49. The second-order valence-corrected chi connectivity index (χ2v) is 6.25. The molecule has 0 bridgehead atoms. The Morgan fingerprint density at radius 3 is 2.95 bits per heavy atom. The topological polar surface area (TPSA) is 57.7 Å². The van der Waals surface area contributed by atoms with Crippen LogP contribution in [0, 0.1) is 0 Å². The molecule has 1 N–H and O–H groups in total. The fraction of sp³-hybridized carbons (Fsp3) is 0.267. The monoisotopic (exact) mass is 297 g/mol. The third-order valence-electron chi connectivity index (χ3n) is 3.68. The lowest BCUT2D eigenvalue weighted by Crippen LogP contribution is -2.29. The Balaban J connectivity index is 1.52. The number of nitrogens with one attached hydrogen (secondary N) is 1. The van der Waals surface area contributed by atoms with Crippen LogP contribution in [0.5, 0.6) is 0 Å². The molecule has 0 amide bonds. The molecule has 6 heteroatoms.